The summed E-state index contributed by atoms with van der Waals surface area (Å²) in [6, 6.07) is 19.3. The zero-order valence-corrected chi connectivity index (χ0v) is 17.1. The van der Waals surface area contributed by atoms with Crippen LogP contribution >= 0.6 is 0 Å². The molecule has 4 nitrogen and oxygen atoms in total. The molecule has 0 saturated heterocycles. The molecule has 1 heterocycles. The Bertz CT molecular complexity index is 1020. The summed E-state index contributed by atoms with van der Waals surface area (Å²) in [5, 5.41) is 6.40. The third-order valence-corrected chi connectivity index (χ3v) is 5.65. The van der Waals surface area contributed by atoms with E-state index in [4.69, 9.17) is 0 Å². The van der Waals surface area contributed by atoms with Crippen molar-refractivity contribution in [1.29, 1.82) is 0 Å². The average Bonchev–Trinajstić information content (AvgIpc) is 2.67. The number of hydrogen-bond acceptors (Lipinski definition) is 3. The second kappa shape index (κ2) is 7.36. The SMILES string of the molecule is CC1=C(C(=O)Nc2ccccc2)[C@@H](c2ccccc2)C2=C(CC(C)(C)CC2=O)N1. The molecule has 0 unspecified atom stereocenters. The molecule has 2 aromatic rings. The molecule has 0 radical (unpaired) electrons. The van der Waals surface area contributed by atoms with Crippen LogP contribution in [-0.2, 0) is 9.59 Å². The molecule has 2 aromatic carbocycles. The fourth-order valence-corrected chi connectivity index (χ4v) is 4.44. The monoisotopic (exact) mass is 386 g/mol. The Morgan fingerprint density at radius 1 is 1.00 bits per heavy atom. The van der Waals surface area contributed by atoms with Crippen LogP contribution in [-0.4, -0.2) is 11.7 Å². The Balaban J connectivity index is 1.80. The van der Waals surface area contributed by atoms with E-state index in [1.165, 1.54) is 0 Å². The van der Waals surface area contributed by atoms with Crippen LogP contribution in [0.5, 0.6) is 0 Å². The molecule has 2 N–H and O–H groups in total. The van der Waals surface area contributed by atoms with Crippen molar-refractivity contribution in [3.8, 4) is 0 Å². The predicted octanol–water partition coefficient (Wildman–Crippen LogP) is 4.93. The maximum atomic E-state index is 13.3. The average molecular weight is 386 g/mol. The fraction of sp³-hybridized carbons (Fsp3) is 0.280. The maximum Gasteiger partial charge on any atom is 0.254 e. The number of anilines is 1. The molecule has 2 aliphatic rings. The summed E-state index contributed by atoms with van der Waals surface area (Å²) in [7, 11) is 0. The second-order valence-electron chi connectivity index (χ2n) is 8.66. The third-order valence-electron chi connectivity index (χ3n) is 5.65. The minimum Gasteiger partial charge on any atom is -0.362 e. The number of dihydropyridines is 1. The van der Waals surface area contributed by atoms with Crippen molar-refractivity contribution >= 4 is 17.4 Å². The van der Waals surface area contributed by atoms with Gasteiger partial charge in [-0.25, -0.2) is 0 Å². The van der Waals surface area contributed by atoms with Crippen LogP contribution in [0.25, 0.3) is 0 Å². The van der Waals surface area contributed by atoms with Crippen LogP contribution < -0.4 is 10.6 Å². The number of rotatable bonds is 3. The molecule has 4 heteroatoms. The van der Waals surface area contributed by atoms with E-state index in [-0.39, 0.29) is 23.0 Å². The Morgan fingerprint density at radius 2 is 1.62 bits per heavy atom. The molecular weight excluding hydrogens is 360 g/mol. The molecule has 1 amide bonds. The van der Waals surface area contributed by atoms with Gasteiger partial charge in [-0.3, -0.25) is 9.59 Å². The quantitative estimate of drug-likeness (QED) is 0.786. The van der Waals surface area contributed by atoms with E-state index in [9.17, 15) is 9.59 Å². The lowest BCUT2D eigenvalue weighted by atomic mass is 9.68. The highest BCUT2D eigenvalue weighted by molar-refractivity contribution is 6.09. The third kappa shape index (κ3) is 3.75. The molecule has 1 aliphatic carbocycles. The van der Waals surface area contributed by atoms with Crippen LogP contribution in [0.4, 0.5) is 5.69 Å². The van der Waals surface area contributed by atoms with E-state index in [2.05, 4.69) is 24.5 Å². The molecular formula is C25H26N2O2. The van der Waals surface area contributed by atoms with Crippen LogP contribution in [0.3, 0.4) is 0 Å². The number of benzene rings is 2. The van der Waals surface area contributed by atoms with Gasteiger partial charge in [0.25, 0.3) is 5.91 Å². The lowest BCUT2D eigenvalue weighted by molar-refractivity contribution is -0.118. The summed E-state index contributed by atoms with van der Waals surface area (Å²) in [6.45, 7) is 6.15. The predicted molar refractivity (Wildman–Crippen MR) is 115 cm³/mol. The summed E-state index contributed by atoms with van der Waals surface area (Å²) < 4.78 is 0. The number of para-hydroxylation sites is 1. The molecule has 148 valence electrons. The second-order valence-corrected chi connectivity index (χ2v) is 8.66. The lowest BCUT2D eigenvalue weighted by Crippen LogP contribution is -2.39. The molecule has 0 bridgehead atoms. The molecule has 29 heavy (non-hydrogen) atoms. The van der Waals surface area contributed by atoms with Crippen LogP contribution in [0, 0.1) is 5.41 Å². The smallest absolute Gasteiger partial charge is 0.254 e. The van der Waals surface area contributed by atoms with Gasteiger partial charge >= 0.3 is 0 Å². The van der Waals surface area contributed by atoms with Gasteiger partial charge in [-0.2, -0.15) is 0 Å². The summed E-state index contributed by atoms with van der Waals surface area (Å²) >= 11 is 0. The van der Waals surface area contributed by atoms with E-state index < -0.39 is 0 Å². The van der Waals surface area contributed by atoms with Crippen molar-refractivity contribution in [2.75, 3.05) is 5.32 Å². The van der Waals surface area contributed by atoms with E-state index in [0.717, 1.165) is 34.6 Å². The van der Waals surface area contributed by atoms with Crippen molar-refractivity contribution in [3.63, 3.8) is 0 Å². The van der Waals surface area contributed by atoms with Gasteiger partial charge in [-0.1, -0.05) is 62.4 Å². The molecule has 0 aromatic heterocycles. The molecule has 4 rings (SSSR count). The first-order valence-electron chi connectivity index (χ1n) is 10.0. The highest BCUT2D eigenvalue weighted by Crippen LogP contribution is 2.46. The van der Waals surface area contributed by atoms with Crippen LogP contribution in [0.15, 0.2) is 83.2 Å². The largest absolute Gasteiger partial charge is 0.362 e. The fourth-order valence-electron chi connectivity index (χ4n) is 4.44. The molecule has 1 aliphatic heterocycles. The summed E-state index contributed by atoms with van der Waals surface area (Å²) in [5.41, 5.74) is 4.71. The molecule has 1 atom stereocenters. The number of allylic oxidation sites excluding steroid dienone is 3. The zero-order valence-electron chi connectivity index (χ0n) is 17.1. The van der Waals surface area contributed by atoms with Gasteiger partial charge in [0.05, 0.1) is 0 Å². The first-order chi connectivity index (χ1) is 13.9. The summed E-state index contributed by atoms with van der Waals surface area (Å²) in [4.78, 5) is 26.5. The summed E-state index contributed by atoms with van der Waals surface area (Å²) in [6.07, 6.45) is 1.28. The Labute approximate surface area is 171 Å². The molecule has 0 spiro atoms. The van der Waals surface area contributed by atoms with Crippen molar-refractivity contribution in [3.05, 3.63) is 88.8 Å². The number of hydrogen-bond donors (Lipinski definition) is 2. The van der Waals surface area contributed by atoms with Gasteiger partial charge in [0.15, 0.2) is 5.78 Å². The minimum atomic E-state index is -0.361. The zero-order chi connectivity index (χ0) is 20.6. The van der Waals surface area contributed by atoms with Gasteiger partial charge in [-0.15, -0.1) is 0 Å². The van der Waals surface area contributed by atoms with Gasteiger partial charge in [-0.05, 0) is 36.5 Å². The number of nitrogens with one attached hydrogen (secondary N) is 2. The normalized spacial score (nSPS) is 20.8. The Hall–Kier alpha value is -3.14. The standard InChI is InChI=1S/C25H26N2O2/c1-16-21(24(29)27-18-12-8-5-9-13-18)22(17-10-6-4-7-11-17)23-19(26-16)14-25(2,3)15-20(23)28/h4-13,22,26H,14-15H2,1-3H3,(H,27,29)/t22-/m1/s1. The number of carbonyl (C=O) groups excluding carboxylic acids is 2. The van der Waals surface area contributed by atoms with Gasteiger partial charge in [0, 0.05) is 40.6 Å². The van der Waals surface area contributed by atoms with E-state index in [1.807, 2.05) is 67.6 Å². The number of Topliss-reactive ketones (excluding diaryl/α,β-unsaturated/α-hetero) is 1. The number of amides is 1. The first-order valence-corrected chi connectivity index (χ1v) is 10.0. The van der Waals surface area contributed by atoms with Crippen LogP contribution in [0.1, 0.15) is 45.1 Å². The Kier molecular flexibility index (Phi) is 4.87. The van der Waals surface area contributed by atoms with Gasteiger partial charge in [0.1, 0.15) is 0 Å². The van der Waals surface area contributed by atoms with E-state index in [1.54, 1.807) is 0 Å². The maximum absolute atomic E-state index is 13.3. The number of ketones is 1. The highest BCUT2D eigenvalue weighted by Gasteiger charge is 2.42. The first kappa shape index (κ1) is 19.2. The topological polar surface area (TPSA) is 58.2 Å². The van der Waals surface area contributed by atoms with Crippen LogP contribution in [0.2, 0.25) is 0 Å². The lowest BCUT2D eigenvalue weighted by Gasteiger charge is -2.39. The van der Waals surface area contributed by atoms with Crippen molar-refractivity contribution in [2.24, 2.45) is 5.41 Å². The van der Waals surface area contributed by atoms with Crippen molar-refractivity contribution < 1.29 is 9.59 Å². The minimum absolute atomic E-state index is 0.0891. The van der Waals surface area contributed by atoms with E-state index >= 15 is 0 Å². The van der Waals surface area contributed by atoms with Gasteiger partial charge < -0.3 is 10.6 Å². The Morgan fingerprint density at radius 3 is 2.28 bits per heavy atom. The van der Waals surface area contributed by atoms with Crippen molar-refractivity contribution in [2.45, 2.75) is 39.5 Å². The molecule has 0 fully saturated rings. The highest BCUT2D eigenvalue weighted by atomic mass is 16.2. The molecule has 0 saturated carbocycles. The van der Waals surface area contributed by atoms with Crippen molar-refractivity contribution in [1.82, 2.24) is 5.32 Å². The van der Waals surface area contributed by atoms with Gasteiger partial charge in [0.2, 0.25) is 0 Å². The van der Waals surface area contributed by atoms with E-state index in [0.29, 0.717) is 12.0 Å². The number of carbonyl (C=O) groups is 2. The summed E-state index contributed by atoms with van der Waals surface area (Å²) in [5.74, 6) is -0.422.